The van der Waals surface area contributed by atoms with Crippen LogP contribution in [0.1, 0.15) is 21.5 Å². The molecule has 2 N–H and O–H groups in total. The minimum absolute atomic E-state index is 0.180. The molecule has 0 aliphatic rings. The van der Waals surface area contributed by atoms with E-state index in [-0.39, 0.29) is 12.2 Å². The zero-order valence-corrected chi connectivity index (χ0v) is 17.4. The van der Waals surface area contributed by atoms with E-state index in [9.17, 15) is 4.79 Å². The molecule has 8 heteroatoms. The maximum atomic E-state index is 11.0. The zero-order chi connectivity index (χ0) is 21.5. The lowest BCUT2D eigenvalue weighted by Gasteiger charge is -2.12. The van der Waals surface area contributed by atoms with E-state index in [1.165, 1.54) is 12.1 Å². The molecule has 0 aromatic heterocycles. The molecule has 0 aliphatic carbocycles. The molecule has 0 atom stereocenters. The second-order valence-corrected chi connectivity index (χ2v) is 7.03. The van der Waals surface area contributed by atoms with E-state index in [2.05, 4.69) is 10.5 Å². The highest BCUT2D eigenvalue weighted by Crippen LogP contribution is 2.30. The van der Waals surface area contributed by atoms with Gasteiger partial charge in [-0.15, -0.1) is 0 Å². The minimum atomic E-state index is -0.997. The van der Waals surface area contributed by atoms with Crippen molar-refractivity contribution < 1.29 is 19.4 Å². The number of hydrogen-bond acceptors (Lipinski definition) is 5. The number of halogens is 2. The lowest BCUT2D eigenvalue weighted by atomic mass is 10.2. The molecule has 0 amide bonds. The van der Waals surface area contributed by atoms with Crippen molar-refractivity contribution in [3.63, 3.8) is 0 Å². The van der Waals surface area contributed by atoms with E-state index >= 15 is 0 Å². The van der Waals surface area contributed by atoms with Crippen molar-refractivity contribution in [3.8, 4) is 11.5 Å². The summed E-state index contributed by atoms with van der Waals surface area (Å²) in [6, 6.07) is 17.0. The van der Waals surface area contributed by atoms with Crippen LogP contribution in [-0.2, 0) is 6.61 Å². The molecule has 3 aromatic carbocycles. The fourth-order valence-corrected chi connectivity index (χ4v) is 3.04. The Morgan fingerprint density at radius 3 is 2.67 bits per heavy atom. The third-order valence-electron chi connectivity index (χ3n) is 4.10. The van der Waals surface area contributed by atoms with Gasteiger partial charge in [0.25, 0.3) is 0 Å². The van der Waals surface area contributed by atoms with Gasteiger partial charge in [0, 0.05) is 15.6 Å². The fourth-order valence-electron chi connectivity index (χ4n) is 2.58. The molecule has 3 rings (SSSR count). The number of carbonyl (C=O) groups is 1. The Morgan fingerprint density at radius 1 is 1.10 bits per heavy atom. The van der Waals surface area contributed by atoms with Crippen LogP contribution < -0.4 is 14.9 Å². The summed E-state index contributed by atoms with van der Waals surface area (Å²) in [6.45, 7) is 0.265. The molecule has 6 nitrogen and oxygen atoms in total. The van der Waals surface area contributed by atoms with E-state index in [1.54, 1.807) is 49.7 Å². The Bertz CT molecular complexity index is 1090. The number of nitrogens with one attached hydrogen (secondary N) is 1. The maximum absolute atomic E-state index is 11.0. The molecular weight excluding hydrogens is 427 g/mol. The molecule has 154 valence electrons. The average molecular weight is 445 g/mol. The summed E-state index contributed by atoms with van der Waals surface area (Å²) >= 11 is 12.1. The first-order valence-electron chi connectivity index (χ1n) is 8.83. The first kappa shape index (κ1) is 21.5. The van der Waals surface area contributed by atoms with E-state index in [0.29, 0.717) is 27.2 Å². The number of nitrogens with zero attached hydrogens (tertiary/aromatic N) is 1. The number of benzene rings is 3. The van der Waals surface area contributed by atoms with Gasteiger partial charge in [-0.2, -0.15) is 5.10 Å². The summed E-state index contributed by atoms with van der Waals surface area (Å²) in [4.78, 5) is 11.0. The fraction of sp³-hybridized carbons (Fsp3) is 0.0909. The van der Waals surface area contributed by atoms with E-state index < -0.39 is 5.97 Å². The van der Waals surface area contributed by atoms with Crippen molar-refractivity contribution in [3.05, 3.63) is 87.4 Å². The van der Waals surface area contributed by atoms with Crippen LogP contribution in [0.15, 0.2) is 65.8 Å². The summed E-state index contributed by atoms with van der Waals surface area (Å²) < 4.78 is 11.2. The minimum Gasteiger partial charge on any atom is -0.493 e. The van der Waals surface area contributed by atoms with Gasteiger partial charge >= 0.3 is 5.97 Å². The normalized spacial score (nSPS) is 10.8. The van der Waals surface area contributed by atoms with Crippen molar-refractivity contribution in [2.45, 2.75) is 6.61 Å². The molecule has 0 saturated carbocycles. The zero-order valence-electron chi connectivity index (χ0n) is 15.9. The van der Waals surface area contributed by atoms with Crippen LogP contribution in [0, 0.1) is 0 Å². The molecule has 3 aromatic rings. The highest BCUT2D eigenvalue weighted by molar-refractivity contribution is 6.35. The van der Waals surface area contributed by atoms with Gasteiger partial charge in [-0.1, -0.05) is 35.3 Å². The van der Waals surface area contributed by atoms with Crippen LogP contribution in [0.3, 0.4) is 0 Å². The van der Waals surface area contributed by atoms with E-state index in [1.807, 2.05) is 12.1 Å². The van der Waals surface area contributed by atoms with Crippen LogP contribution in [-0.4, -0.2) is 24.4 Å². The van der Waals surface area contributed by atoms with Crippen molar-refractivity contribution in [1.29, 1.82) is 0 Å². The molecule has 0 radical (unpaired) electrons. The standard InChI is InChI=1S/C22H18Cl2N2O4/c1-29-21-9-14(12-25-26-18-4-2-3-15(10-18)22(27)28)5-8-20(21)30-13-16-6-7-17(23)11-19(16)24/h2-12,26H,13H2,1H3,(H,27,28)/b25-12+. The molecular formula is C22H18Cl2N2O4. The molecule has 30 heavy (non-hydrogen) atoms. The molecule has 0 saturated heterocycles. The summed E-state index contributed by atoms with van der Waals surface area (Å²) in [5, 5.41) is 14.3. The summed E-state index contributed by atoms with van der Waals surface area (Å²) in [6.07, 6.45) is 1.59. The average Bonchev–Trinajstić information content (AvgIpc) is 2.74. The van der Waals surface area contributed by atoms with E-state index in [4.69, 9.17) is 37.8 Å². The number of hydrogen-bond donors (Lipinski definition) is 2. The predicted molar refractivity (Wildman–Crippen MR) is 118 cm³/mol. The Labute approximate surface area is 183 Å². The Morgan fingerprint density at radius 2 is 1.93 bits per heavy atom. The number of carboxylic acid groups (broad SMARTS) is 1. The number of hydrazone groups is 1. The number of aromatic carboxylic acids is 1. The molecule has 0 unspecified atom stereocenters. The van der Waals surface area contributed by atoms with E-state index in [0.717, 1.165) is 11.1 Å². The lowest BCUT2D eigenvalue weighted by Crippen LogP contribution is -1.99. The van der Waals surface area contributed by atoms with Gasteiger partial charge in [0.1, 0.15) is 6.61 Å². The van der Waals surface area contributed by atoms with Crippen LogP contribution in [0.25, 0.3) is 0 Å². The summed E-state index contributed by atoms with van der Waals surface area (Å²) in [5.41, 5.74) is 5.13. The number of anilines is 1. The van der Waals surface area contributed by atoms with Crippen molar-refractivity contribution in [1.82, 2.24) is 0 Å². The molecule has 0 heterocycles. The van der Waals surface area contributed by atoms with Gasteiger partial charge in [0.05, 0.1) is 24.6 Å². The Balaban J connectivity index is 1.67. The third-order valence-corrected chi connectivity index (χ3v) is 4.69. The van der Waals surface area contributed by atoms with Gasteiger partial charge in [0.15, 0.2) is 11.5 Å². The monoisotopic (exact) mass is 444 g/mol. The third kappa shape index (κ3) is 5.65. The topological polar surface area (TPSA) is 80.2 Å². The molecule has 0 aliphatic heterocycles. The maximum Gasteiger partial charge on any atom is 0.335 e. The lowest BCUT2D eigenvalue weighted by molar-refractivity contribution is 0.0697. The second kappa shape index (κ2) is 10.0. The largest absolute Gasteiger partial charge is 0.493 e. The highest BCUT2D eigenvalue weighted by atomic mass is 35.5. The Kier molecular flexibility index (Phi) is 7.17. The van der Waals surface area contributed by atoms with Gasteiger partial charge in [-0.3, -0.25) is 5.43 Å². The van der Waals surface area contributed by atoms with Crippen molar-refractivity contribution in [2.75, 3.05) is 12.5 Å². The summed E-state index contributed by atoms with van der Waals surface area (Å²) in [7, 11) is 1.55. The number of carboxylic acids is 1. The van der Waals surface area contributed by atoms with Crippen LogP contribution in [0.2, 0.25) is 10.0 Å². The van der Waals surface area contributed by atoms with Gasteiger partial charge in [-0.05, 0) is 54.1 Å². The quantitative estimate of drug-likeness (QED) is 0.342. The van der Waals surface area contributed by atoms with Crippen molar-refractivity contribution >= 4 is 41.1 Å². The SMILES string of the molecule is COc1cc(/C=N/Nc2cccc(C(=O)O)c2)ccc1OCc1ccc(Cl)cc1Cl. The Hall–Kier alpha value is -3.22. The number of methoxy groups -OCH3 is 1. The van der Waals surface area contributed by atoms with Crippen molar-refractivity contribution in [2.24, 2.45) is 5.10 Å². The summed E-state index contributed by atoms with van der Waals surface area (Å²) in [5.74, 6) is 0.0996. The van der Waals surface area contributed by atoms with Gasteiger partial charge in [-0.25, -0.2) is 4.79 Å². The van der Waals surface area contributed by atoms with Crippen LogP contribution in [0.5, 0.6) is 11.5 Å². The highest BCUT2D eigenvalue weighted by Gasteiger charge is 2.08. The molecule has 0 spiro atoms. The van der Waals surface area contributed by atoms with Gasteiger partial charge in [0.2, 0.25) is 0 Å². The molecule has 0 fully saturated rings. The first-order valence-corrected chi connectivity index (χ1v) is 9.59. The van der Waals surface area contributed by atoms with Crippen LogP contribution >= 0.6 is 23.2 Å². The molecule has 0 bridgehead atoms. The van der Waals surface area contributed by atoms with Crippen LogP contribution in [0.4, 0.5) is 5.69 Å². The number of ether oxygens (including phenoxy) is 2. The first-order chi connectivity index (χ1) is 14.5. The smallest absolute Gasteiger partial charge is 0.335 e. The number of rotatable bonds is 8. The predicted octanol–water partition coefficient (Wildman–Crippen LogP) is 5.73. The van der Waals surface area contributed by atoms with Gasteiger partial charge < -0.3 is 14.6 Å². The second-order valence-electron chi connectivity index (χ2n) is 6.19.